The van der Waals surface area contributed by atoms with Gasteiger partial charge in [-0.05, 0) is 17.6 Å². The van der Waals surface area contributed by atoms with Crippen LogP contribution < -0.4 is 11.3 Å². The van der Waals surface area contributed by atoms with E-state index < -0.39 is 9.84 Å². The van der Waals surface area contributed by atoms with Gasteiger partial charge in [-0.2, -0.15) is 4.80 Å². The molecule has 0 saturated carbocycles. The van der Waals surface area contributed by atoms with E-state index in [0.29, 0.717) is 18.7 Å². The Morgan fingerprint density at radius 1 is 1.65 bits per heavy atom. The second kappa shape index (κ2) is 4.67. The summed E-state index contributed by atoms with van der Waals surface area (Å²) in [6, 6.07) is -0.128. The Balaban J connectivity index is 2.02. The normalized spacial score (nSPS) is 24.9. The number of nitrogens with two attached hydrogens (primary N) is 1. The molecule has 1 aliphatic rings. The summed E-state index contributed by atoms with van der Waals surface area (Å²) < 4.78 is 22.8. The first-order valence-electron chi connectivity index (χ1n) is 5.39. The summed E-state index contributed by atoms with van der Waals surface area (Å²) in [4.78, 5) is 1.37. The number of aryl methyl sites for hydroxylation is 1. The average molecular weight is 260 g/mol. The first-order chi connectivity index (χ1) is 8.00. The average Bonchev–Trinajstić information content (AvgIpc) is 2.81. The van der Waals surface area contributed by atoms with Gasteiger partial charge >= 0.3 is 0 Å². The molecule has 96 valence electrons. The molecule has 1 fully saturated rings. The van der Waals surface area contributed by atoms with Gasteiger partial charge in [0.05, 0.1) is 18.6 Å². The Morgan fingerprint density at radius 3 is 2.88 bits per heavy atom. The maximum atomic E-state index is 11.4. The van der Waals surface area contributed by atoms with E-state index in [1.807, 2.05) is 0 Å². The van der Waals surface area contributed by atoms with Crippen molar-refractivity contribution in [3.63, 3.8) is 0 Å². The van der Waals surface area contributed by atoms with E-state index in [9.17, 15) is 8.42 Å². The summed E-state index contributed by atoms with van der Waals surface area (Å²) in [5, 5.41) is 11.7. The van der Waals surface area contributed by atoms with Crippen molar-refractivity contribution in [2.75, 3.05) is 11.5 Å². The first-order valence-corrected chi connectivity index (χ1v) is 7.22. The standard InChI is InChI=1S/C8H16N6O2S/c1-14-12-8(11-13-14)4-7(10-9)6-2-3-17(15,16)5-6/h6-7,10H,2-5,9H2,1H3. The van der Waals surface area contributed by atoms with E-state index >= 15 is 0 Å². The minimum absolute atomic E-state index is 0.0220. The molecule has 2 atom stereocenters. The summed E-state index contributed by atoms with van der Waals surface area (Å²) >= 11 is 0. The van der Waals surface area contributed by atoms with Crippen LogP contribution in [-0.2, 0) is 23.3 Å². The van der Waals surface area contributed by atoms with Gasteiger partial charge in [-0.1, -0.05) is 0 Å². The highest BCUT2D eigenvalue weighted by atomic mass is 32.2. The zero-order valence-corrected chi connectivity index (χ0v) is 10.4. The molecule has 3 N–H and O–H groups in total. The molecule has 8 nitrogen and oxygen atoms in total. The van der Waals surface area contributed by atoms with Crippen LogP contribution in [0.3, 0.4) is 0 Å². The van der Waals surface area contributed by atoms with Crippen molar-refractivity contribution in [3.8, 4) is 0 Å². The van der Waals surface area contributed by atoms with Crippen molar-refractivity contribution < 1.29 is 8.42 Å². The molecule has 2 unspecified atom stereocenters. The Hall–Kier alpha value is -1.06. The lowest BCUT2D eigenvalue weighted by Gasteiger charge is -2.19. The van der Waals surface area contributed by atoms with Crippen molar-refractivity contribution in [2.24, 2.45) is 18.8 Å². The number of aromatic nitrogens is 4. The lowest BCUT2D eigenvalue weighted by molar-refractivity contribution is 0.379. The third-order valence-corrected chi connectivity index (χ3v) is 4.80. The van der Waals surface area contributed by atoms with Crippen molar-refractivity contribution >= 4 is 9.84 Å². The summed E-state index contributed by atoms with van der Waals surface area (Å²) in [6.07, 6.45) is 1.13. The van der Waals surface area contributed by atoms with E-state index in [4.69, 9.17) is 5.84 Å². The van der Waals surface area contributed by atoms with Gasteiger partial charge in [0.15, 0.2) is 15.7 Å². The summed E-state index contributed by atoms with van der Waals surface area (Å²) in [7, 11) is -1.21. The zero-order valence-electron chi connectivity index (χ0n) is 9.57. The molecule has 17 heavy (non-hydrogen) atoms. The van der Waals surface area contributed by atoms with Crippen molar-refractivity contribution in [2.45, 2.75) is 18.9 Å². The quantitative estimate of drug-likeness (QED) is 0.476. The summed E-state index contributed by atoms with van der Waals surface area (Å²) in [6.45, 7) is 0. The molecule has 0 bridgehead atoms. The SMILES string of the molecule is Cn1nnc(CC(NN)C2CCS(=O)(=O)C2)n1. The van der Waals surface area contributed by atoms with E-state index in [0.717, 1.165) is 0 Å². The van der Waals surface area contributed by atoms with Crippen LogP contribution in [0.4, 0.5) is 0 Å². The predicted octanol–water partition coefficient (Wildman–Crippen LogP) is -1.98. The Morgan fingerprint density at radius 2 is 2.41 bits per heavy atom. The van der Waals surface area contributed by atoms with Crippen molar-refractivity contribution in [1.82, 2.24) is 25.6 Å². The van der Waals surface area contributed by atoms with E-state index in [1.54, 1.807) is 7.05 Å². The fraction of sp³-hybridized carbons (Fsp3) is 0.875. The molecule has 0 amide bonds. The number of sulfone groups is 1. The third-order valence-electron chi connectivity index (χ3n) is 3.00. The van der Waals surface area contributed by atoms with Crippen LogP contribution in [-0.4, -0.2) is 46.2 Å². The van der Waals surface area contributed by atoms with Gasteiger partial charge in [0.25, 0.3) is 0 Å². The van der Waals surface area contributed by atoms with Crippen molar-refractivity contribution in [1.29, 1.82) is 0 Å². The lowest BCUT2D eigenvalue weighted by atomic mass is 9.97. The van der Waals surface area contributed by atoms with Gasteiger partial charge in [-0.25, -0.2) is 8.42 Å². The number of hydrogen-bond donors (Lipinski definition) is 2. The minimum Gasteiger partial charge on any atom is -0.271 e. The molecule has 2 rings (SSSR count). The third kappa shape index (κ3) is 2.99. The molecule has 0 aliphatic carbocycles. The van der Waals surface area contributed by atoms with Crippen LogP contribution in [0.5, 0.6) is 0 Å². The van der Waals surface area contributed by atoms with Crippen LogP contribution >= 0.6 is 0 Å². The van der Waals surface area contributed by atoms with Crippen LogP contribution in [0.25, 0.3) is 0 Å². The van der Waals surface area contributed by atoms with Gasteiger partial charge < -0.3 is 0 Å². The van der Waals surface area contributed by atoms with Gasteiger partial charge in [-0.15, -0.1) is 10.2 Å². The molecule has 0 aromatic carbocycles. The predicted molar refractivity (Wildman–Crippen MR) is 60.4 cm³/mol. The minimum atomic E-state index is -2.89. The van der Waals surface area contributed by atoms with E-state index in [-0.39, 0.29) is 23.5 Å². The molecule has 0 radical (unpaired) electrons. The van der Waals surface area contributed by atoms with Crippen LogP contribution in [0, 0.1) is 5.92 Å². The molecular formula is C8H16N6O2S. The number of rotatable bonds is 4. The van der Waals surface area contributed by atoms with Gasteiger partial charge in [0, 0.05) is 12.5 Å². The highest BCUT2D eigenvalue weighted by Crippen LogP contribution is 2.22. The molecule has 1 saturated heterocycles. The molecule has 1 aromatic heterocycles. The number of tetrazole rings is 1. The molecular weight excluding hydrogens is 244 g/mol. The highest BCUT2D eigenvalue weighted by Gasteiger charge is 2.33. The van der Waals surface area contributed by atoms with E-state index in [2.05, 4.69) is 20.8 Å². The topological polar surface area (TPSA) is 116 Å². The van der Waals surface area contributed by atoms with Crippen molar-refractivity contribution in [3.05, 3.63) is 5.82 Å². The van der Waals surface area contributed by atoms with Gasteiger partial charge in [-0.3, -0.25) is 11.3 Å². The first kappa shape index (κ1) is 12.4. The van der Waals surface area contributed by atoms with Crippen LogP contribution in [0.2, 0.25) is 0 Å². The zero-order chi connectivity index (χ0) is 12.5. The lowest BCUT2D eigenvalue weighted by Crippen LogP contribution is -2.43. The highest BCUT2D eigenvalue weighted by molar-refractivity contribution is 7.91. The number of nitrogens with zero attached hydrogens (tertiary/aromatic N) is 4. The molecule has 9 heteroatoms. The molecule has 1 aliphatic heterocycles. The largest absolute Gasteiger partial charge is 0.271 e. The number of nitrogens with one attached hydrogen (secondary N) is 1. The summed E-state index contributed by atoms with van der Waals surface area (Å²) in [5.41, 5.74) is 2.66. The molecule has 1 aromatic rings. The van der Waals surface area contributed by atoms with Gasteiger partial charge in [0.2, 0.25) is 0 Å². The molecule has 2 heterocycles. The number of hydrogen-bond acceptors (Lipinski definition) is 7. The maximum Gasteiger partial charge on any atom is 0.176 e. The summed E-state index contributed by atoms with van der Waals surface area (Å²) in [5.74, 6) is 6.48. The van der Waals surface area contributed by atoms with Gasteiger partial charge in [0.1, 0.15) is 0 Å². The van der Waals surface area contributed by atoms with Crippen LogP contribution in [0.1, 0.15) is 12.2 Å². The second-order valence-electron chi connectivity index (χ2n) is 4.34. The smallest absolute Gasteiger partial charge is 0.176 e. The maximum absolute atomic E-state index is 11.4. The Labute approximate surface area is 99.4 Å². The van der Waals surface area contributed by atoms with Crippen LogP contribution in [0.15, 0.2) is 0 Å². The number of hydrazine groups is 1. The fourth-order valence-electron chi connectivity index (χ4n) is 2.10. The van der Waals surface area contributed by atoms with E-state index in [1.165, 1.54) is 4.80 Å². The molecule has 0 spiro atoms. The fourth-order valence-corrected chi connectivity index (χ4v) is 3.98. The Kier molecular flexibility index (Phi) is 3.40. The monoisotopic (exact) mass is 260 g/mol. The second-order valence-corrected chi connectivity index (χ2v) is 6.56. The Bertz CT molecular complexity index is 484.